The summed E-state index contributed by atoms with van der Waals surface area (Å²) in [6, 6.07) is 14.8. The molecule has 0 atom stereocenters. The SMILES string of the molecule is Nc1ncc(Nc2cccc(F)c2)nc1C(=O)Nc1ccccc1. The van der Waals surface area contributed by atoms with Crippen molar-refractivity contribution >= 4 is 28.9 Å². The number of aromatic nitrogens is 2. The van der Waals surface area contributed by atoms with Gasteiger partial charge in [0.15, 0.2) is 11.5 Å². The van der Waals surface area contributed by atoms with Crippen LogP contribution in [0.15, 0.2) is 60.8 Å². The fraction of sp³-hybridized carbons (Fsp3) is 0. The minimum Gasteiger partial charge on any atom is -0.382 e. The van der Waals surface area contributed by atoms with Crippen LogP contribution in [0.25, 0.3) is 0 Å². The summed E-state index contributed by atoms with van der Waals surface area (Å²) in [7, 11) is 0. The number of halogens is 1. The Kier molecular flexibility index (Phi) is 4.33. The molecule has 0 saturated heterocycles. The number of amides is 1. The molecular weight excluding hydrogens is 309 g/mol. The fourth-order valence-electron chi connectivity index (χ4n) is 2.05. The van der Waals surface area contributed by atoms with E-state index in [1.165, 1.54) is 18.3 Å². The minimum atomic E-state index is -0.478. The zero-order valence-electron chi connectivity index (χ0n) is 12.5. The van der Waals surface area contributed by atoms with Crippen LogP contribution in [0.2, 0.25) is 0 Å². The summed E-state index contributed by atoms with van der Waals surface area (Å²) in [5, 5.41) is 5.57. The topological polar surface area (TPSA) is 92.9 Å². The van der Waals surface area contributed by atoms with Gasteiger partial charge >= 0.3 is 0 Å². The van der Waals surface area contributed by atoms with Gasteiger partial charge in [0, 0.05) is 11.4 Å². The summed E-state index contributed by atoms with van der Waals surface area (Å²) in [6.45, 7) is 0. The highest BCUT2D eigenvalue weighted by Gasteiger charge is 2.14. The molecule has 1 heterocycles. The standard InChI is InChI=1S/C17H14FN5O/c18-11-5-4-8-13(9-11)21-14-10-20-16(19)15(23-14)17(24)22-12-6-2-1-3-7-12/h1-10H,(H2,19,20)(H,21,23)(H,22,24). The number of para-hydroxylation sites is 1. The zero-order valence-corrected chi connectivity index (χ0v) is 12.5. The van der Waals surface area contributed by atoms with Crippen LogP contribution in [0.4, 0.5) is 27.4 Å². The molecule has 0 saturated carbocycles. The monoisotopic (exact) mass is 323 g/mol. The second-order valence-electron chi connectivity index (χ2n) is 4.94. The first kappa shape index (κ1) is 15.4. The van der Waals surface area contributed by atoms with E-state index in [2.05, 4.69) is 20.6 Å². The molecule has 4 N–H and O–H groups in total. The van der Waals surface area contributed by atoms with E-state index >= 15 is 0 Å². The van der Waals surface area contributed by atoms with Crippen molar-refractivity contribution in [2.75, 3.05) is 16.4 Å². The first-order valence-electron chi connectivity index (χ1n) is 7.13. The average molecular weight is 323 g/mol. The first-order valence-corrected chi connectivity index (χ1v) is 7.13. The van der Waals surface area contributed by atoms with Crippen molar-refractivity contribution in [1.82, 2.24) is 9.97 Å². The Hall–Kier alpha value is -3.48. The summed E-state index contributed by atoms with van der Waals surface area (Å²) < 4.78 is 13.2. The lowest BCUT2D eigenvalue weighted by molar-refractivity contribution is 0.102. The molecule has 0 fully saturated rings. The number of hydrogen-bond acceptors (Lipinski definition) is 5. The summed E-state index contributed by atoms with van der Waals surface area (Å²) in [4.78, 5) is 20.4. The van der Waals surface area contributed by atoms with Crippen molar-refractivity contribution in [2.24, 2.45) is 0 Å². The molecule has 3 aromatic rings. The highest BCUT2D eigenvalue weighted by atomic mass is 19.1. The lowest BCUT2D eigenvalue weighted by atomic mass is 10.3. The van der Waals surface area contributed by atoms with Gasteiger partial charge < -0.3 is 16.4 Å². The number of nitrogen functional groups attached to an aromatic ring is 1. The third-order valence-corrected chi connectivity index (χ3v) is 3.14. The van der Waals surface area contributed by atoms with Crippen molar-refractivity contribution in [2.45, 2.75) is 0 Å². The molecule has 0 unspecified atom stereocenters. The molecule has 0 aliphatic heterocycles. The third kappa shape index (κ3) is 3.64. The zero-order chi connectivity index (χ0) is 16.9. The van der Waals surface area contributed by atoms with Crippen molar-refractivity contribution in [3.05, 3.63) is 72.3 Å². The number of nitrogens with one attached hydrogen (secondary N) is 2. The maximum Gasteiger partial charge on any atom is 0.278 e. The molecule has 24 heavy (non-hydrogen) atoms. The third-order valence-electron chi connectivity index (χ3n) is 3.14. The van der Waals surface area contributed by atoms with Crippen LogP contribution in [0, 0.1) is 5.82 Å². The summed E-state index contributed by atoms with van der Waals surface area (Å²) in [6.07, 6.45) is 1.37. The predicted octanol–water partition coefficient (Wildman–Crippen LogP) is 3.19. The molecule has 2 aromatic carbocycles. The number of nitrogens with zero attached hydrogens (tertiary/aromatic N) is 2. The molecule has 0 aliphatic rings. The summed E-state index contributed by atoms with van der Waals surface area (Å²) in [5.41, 5.74) is 6.83. The highest BCUT2D eigenvalue weighted by Crippen LogP contribution is 2.18. The average Bonchev–Trinajstić information content (AvgIpc) is 2.57. The van der Waals surface area contributed by atoms with Crippen molar-refractivity contribution < 1.29 is 9.18 Å². The Morgan fingerprint density at radius 3 is 2.54 bits per heavy atom. The maximum atomic E-state index is 13.2. The summed E-state index contributed by atoms with van der Waals surface area (Å²) in [5.74, 6) is -0.569. The van der Waals surface area contributed by atoms with Crippen molar-refractivity contribution in [3.8, 4) is 0 Å². The molecule has 0 radical (unpaired) electrons. The van der Waals surface area contributed by atoms with Gasteiger partial charge in [-0.1, -0.05) is 24.3 Å². The number of anilines is 4. The largest absolute Gasteiger partial charge is 0.382 e. The maximum absolute atomic E-state index is 13.2. The van der Waals surface area contributed by atoms with Crippen molar-refractivity contribution in [1.29, 1.82) is 0 Å². The fourth-order valence-corrected chi connectivity index (χ4v) is 2.05. The van der Waals surface area contributed by atoms with Gasteiger partial charge in [-0.15, -0.1) is 0 Å². The van der Waals surface area contributed by atoms with Gasteiger partial charge in [0.1, 0.15) is 11.6 Å². The molecule has 0 aliphatic carbocycles. The second kappa shape index (κ2) is 6.74. The van der Waals surface area contributed by atoms with Crippen molar-refractivity contribution in [3.63, 3.8) is 0 Å². The summed E-state index contributed by atoms with van der Waals surface area (Å²) >= 11 is 0. The molecule has 0 spiro atoms. The van der Waals surface area contributed by atoms with E-state index in [0.29, 0.717) is 11.4 Å². The van der Waals surface area contributed by atoms with E-state index in [1.54, 1.807) is 36.4 Å². The normalized spacial score (nSPS) is 10.2. The lowest BCUT2D eigenvalue weighted by Crippen LogP contribution is -2.17. The van der Waals surface area contributed by atoms with E-state index in [4.69, 9.17) is 5.73 Å². The second-order valence-corrected chi connectivity index (χ2v) is 4.94. The van der Waals surface area contributed by atoms with E-state index < -0.39 is 5.91 Å². The Morgan fingerprint density at radius 2 is 1.79 bits per heavy atom. The van der Waals surface area contributed by atoms with Gasteiger partial charge in [-0.3, -0.25) is 4.79 Å². The minimum absolute atomic E-state index is 0.00761. The number of hydrogen-bond donors (Lipinski definition) is 3. The molecule has 1 amide bonds. The lowest BCUT2D eigenvalue weighted by Gasteiger charge is -2.09. The van der Waals surface area contributed by atoms with E-state index in [-0.39, 0.29) is 23.1 Å². The van der Waals surface area contributed by atoms with Gasteiger partial charge in [0.05, 0.1) is 6.20 Å². The van der Waals surface area contributed by atoms with Crippen LogP contribution in [-0.2, 0) is 0 Å². The Morgan fingerprint density at radius 1 is 1.04 bits per heavy atom. The predicted molar refractivity (Wildman–Crippen MR) is 90.5 cm³/mol. The van der Waals surface area contributed by atoms with Crippen LogP contribution >= 0.6 is 0 Å². The molecule has 3 rings (SSSR count). The number of nitrogens with two attached hydrogens (primary N) is 1. The molecule has 120 valence electrons. The van der Waals surface area contributed by atoms with Crippen LogP contribution in [-0.4, -0.2) is 15.9 Å². The van der Waals surface area contributed by atoms with Crippen LogP contribution in [0.5, 0.6) is 0 Å². The quantitative estimate of drug-likeness (QED) is 0.685. The van der Waals surface area contributed by atoms with Gasteiger partial charge in [0.2, 0.25) is 0 Å². The molecule has 0 bridgehead atoms. The van der Waals surface area contributed by atoms with Crippen LogP contribution in [0.1, 0.15) is 10.5 Å². The van der Waals surface area contributed by atoms with Crippen LogP contribution < -0.4 is 16.4 Å². The van der Waals surface area contributed by atoms with Gasteiger partial charge in [-0.2, -0.15) is 0 Å². The van der Waals surface area contributed by atoms with E-state index in [1.807, 2.05) is 6.07 Å². The smallest absolute Gasteiger partial charge is 0.278 e. The Balaban J connectivity index is 1.82. The highest BCUT2D eigenvalue weighted by molar-refractivity contribution is 6.05. The number of carbonyl (C=O) groups excluding carboxylic acids is 1. The molecule has 7 heteroatoms. The molecular formula is C17H14FN5O. The van der Waals surface area contributed by atoms with Gasteiger partial charge in [-0.05, 0) is 30.3 Å². The number of carbonyl (C=O) groups is 1. The van der Waals surface area contributed by atoms with Gasteiger partial charge in [-0.25, -0.2) is 14.4 Å². The number of benzene rings is 2. The molecule has 6 nitrogen and oxygen atoms in total. The first-order chi connectivity index (χ1) is 11.6. The molecule has 1 aromatic heterocycles. The van der Waals surface area contributed by atoms with E-state index in [0.717, 1.165) is 0 Å². The van der Waals surface area contributed by atoms with Crippen LogP contribution in [0.3, 0.4) is 0 Å². The number of rotatable bonds is 4. The van der Waals surface area contributed by atoms with Gasteiger partial charge in [0.25, 0.3) is 5.91 Å². The van der Waals surface area contributed by atoms with E-state index in [9.17, 15) is 9.18 Å². The Bertz CT molecular complexity index is 870. The Labute approximate surface area is 137 Å².